The van der Waals surface area contributed by atoms with E-state index in [1.54, 1.807) is 0 Å². The quantitative estimate of drug-likeness (QED) is 0.0541. The number of pyridine rings is 6. The minimum Gasteiger partial charge on any atom is -0.491 e. The van der Waals surface area contributed by atoms with Crippen molar-refractivity contribution < 1.29 is 47.6 Å². The Morgan fingerprint density at radius 1 is 0.360 bits per heavy atom. The highest BCUT2D eigenvalue weighted by Gasteiger charge is 2.52. The van der Waals surface area contributed by atoms with Crippen molar-refractivity contribution in [1.29, 1.82) is 0 Å². The third-order valence-corrected chi connectivity index (χ3v) is 34.7. The molecule has 36 heteroatoms. The van der Waals surface area contributed by atoms with Gasteiger partial charge in [0, 0.05) is 216 Å². The van der Waals surface area contributed by atoms with Gasteiger partial charge in [0.1, 0.15) is 75.2 Å². The van der Waals surface area contributed by atoms with E-state index in [2.05, 4.69) is 121 Å². The molecular weight excluding hydrogens is 1800 g/mol. The van der Waals surface area contributed by atoms with E-state index in [1.165, 1.54) is 56.5 Å². The number of anilines is 8. The summed E-state index contributed by atoms with van der Waals surface area (Å²) >= 11 is 5.38. The number of thiophene rings is 4. The largest absolute Gasteiger partial charge is 0.491 e. The topological polar surface area (TPSA) is 470 Å². The smallest absolute Gasteiger partial charge is 0.263 e. The number of nitrogens with zero attached hydrogens (tertiary/aromatic N) is 10. The molecule has 10 aliphatic heterocycles. The molecule has 10 aromatic heterocycles. The van der Waals surface area contributed by atoms with Crippen LogP contribution in [0.25, 0.3) is 40.9 Å². The Balaban J connectivity index is 0.000000108. The molecule has 712 valence electrons. The molecule has 32 nitrogen and oxygen atoms in total. The Kier molecular flexibility index (Phi) is 24.7. The van der Waals surface area contributed by atoms with E-state index >= 15 is 0 Å². The van der Waals surface area contributed by atoms with Gasteiger partial charge in [0.15, 0.2) is 0 Å². The summed E-state index contributed by atoms with van der Waals surface area (Å²) in [6, 6.07) is 36.9. The molecule has 20 N–H and O–H groups in total. The zero-order valence-corrected chi connectivity index (χ0v) is 80.3. The molecule has 12 aliphatic rings. The van der Waals surface area contributed by atoms with Crippen molar-refractivity contribution in [3.8, 4) is 11.5 Å². The number of amides is 4. The van der Waals surface area contributed by atoms with Crippen molar-refractivity contribution in [2.24, 2.45) is 44.6 Å². The summed E-state index contributed by atoms with van der Waals surface area (Å²) in [6.45, 7) is 21.7. The molecule has 12 aromatic rings. The second kappa shape index (κ2) is 36.9. The number of hydrogen-bond donors (Lipinski definition) is 12. The maximum Gasteiger partial charge on any atom is 0.263 e. The number of nitrogen functional groups attached to an aromatic ring is 4. The minimum atomic E-state index is -0.179. The maximum atomic E-state index is 13.0. The van der Waals surface area contributed by atoms with Crippen LogP contribution in [-0.4, -0.2) is 220 Å². The van der Waals surface area contributed by atoms with Crippen molar-refractivity contribution >= 4 is 156 Å². The van der Waals surface area contributed by atoms with Crippen LogP contribution in [0.5, 0.6) is 11.5 Å². The fourth-order valence-electron chi connectivity index (χ4n) is 22.0. The number of hydrogen-bond acceptors (Lipinski definition) is 32. The molecule has 20 heterocycles. The fourth-order valence-corrected chi connectivity index (χ4v) is 26.2. The Labute approximate surface area is 804 Å². The van der Waals surface area contributed by atoms with Crippen LogP contribution in [0.2, 0.25) is 0 Å². The van der Waals surface area contributed by atoms with Crippen LogP contribution in [0.1, 0.15) is 134 Å². The van der Waals surface area contributed by atoms with Gasteiger partial charge < -0.3 is 115 Å². The Morgan fingerprint density at radius 2 is 0.647 bits per heavy atom. The molecule has 0 saturated carbocycles. The van der Waals surface area contributed by atoms with Gasteiger partial charge >= 0.3 is 0 Å². The van der Waals surface area contributed by atoms with E-state index in [-0.39, 0.29) is 93.6 Å². The third kappa shape index (κ3) is 17.7. The van der Waals surface area contributed by atoms with Crippen LogP contribution in [0.4, 0.5) is 45.8 Å². The standard InChI is InChI=1S/2C25H30N6O2S.2C25H29N5O3S/c2*1-14-2-5-17-21(27)22(34-24(17)28-14)23(32)29-16-4-6-18-15(10-16)3-7-20(30-18)31-11-19(26)25(12-31)8-9-33-13-25;2*1-14-2-5-18-21(27)22(34-24(18)28-14)23(31)29-16-8-15-3-4-17(9-19(15)33-11-16)30-10-20(26)25(12-30)6-7-32-13-25/h2*2-3,5,7,16,19H,4,6,8-13,26-27H2,1H3,(H,29,32);2*2-5,9,16,20H,6-8,10-13,26-27H2,1H3,(H,29,31)/t16-,19+,25+;16-,19-,25-;16-,20+,25+;16-,20+,25-/m0011/s1. The van der Waals surface area contributed by atoms with Crippen molar-refractivity contribution in [2.75, 3.05) is 161 Å². The van der Waals surface area contributed by atoms with Gasteiger partial charge in [0.25, 0.3) is 23.6 Å². The number of benzene rings is 2. The number of aromatic nitrogens is 6. The first-order valence-corrected chi connectivity index (χ1v) is 50.6. The molecule has 8 fully saturated rings. The summed E-state index contributed by atoms with van der Waals surface area (Å²) in [7, 11) is 0. The zero-order valence-electron chi connectivity index (χ0n) is 77.0. The fraction of sp³-hybridized carbons (Fsp3) is 0.460. The first-order chi connectivity index (χ1) is 65.7. The van der Waals surface area contributed by atoms with E-state index in [1.807, 2.05) is 76.2 Å². The monoisotopic (exact) mass is 1910 g/mol. The molecule has 4 spiro atoms. The van der Waals surface area contributed by atoms with Crippen LogP contribution < -0.4 is 96.2 Å². The average molecular weight is 1920 g/mol. The number of fused-ring (bicyclic) bond motifs is 8. The normalized spacial score (nSPS) is 26.2. The first-order valence-electron chi connectivity index (χ1n) is 47.4. The SMILES string of the molecule is Cc1ccc2c(N)c(C(=O)N[C@H]3CCc4nc(N5C[C@@H](N)[C@]6(CCOC6)C5)ccc4C3)sc2n1.Cc1ccc2c(N)c(C(=O)N[C@H]3CCc4nc(N5C[C@H](N)[C@@]6(CCOC6)C5)ccc4C3)sc2n1.Cc1ccc2c(N)c(C(=O)N[C@H]3COc4cc(N5C[C@H](N)[C@@]6(CCOC6)C5)ccc4C3)sc2n1.Cc1ccc2c(N)c(C(=O)N[C@H]3COc4cc(N5C[C@H](N)[C@]6(CCOC6)C5)ccc4C3)sc2n1. The van der Waals surface area contributed by atoms with Gasteiger partial charge in [0.2, 0.25) is 0 Å². The summed E-state index contributed by atoms with van der Waals surface area (Å²) in [5.74, 6) is 3.16. The lowest BCUT2D eigenvalue weighted by Crippen LogP contribution is -2.42. The van der Waals surface area contributed by atoms with Gasteiger partial charge in [0.05, 0.1) is 61.3 Å². The number of nitrogens with two attached hydrogens (primary N) is 8. The number of aryl methyl sites for hydroxylation is 6. The molecule has 24 rings (SSSR count). The van der Waals surface area contributed by atoms with Crippen molar-refractivity contribution in [3.63, 3.8) is 0 Å². The van der Waals surface area contributed by atoms with Crippen LogP contribution in [-0.2, 0) is 57.5 Å². The lowest BCUT2D eigenvalue weighted by atomic mass is 9.83. The first kappa shape index (κ1) is 91.2. The Hall–Kier alpha value is -11.3. The summed E-state index contributed by atoms with van der Waals surface area (Å²) in [5, 5.41) is 15.9. The van der Waals surface area contributed by atoms with Gasteiger partial charge in [-0.3, -0.25) is 19.2 Å². The molecule has 0 unspecified atom stereocenters. The van der Waals surface area contributed by atoms with Crippen LogP contribution in [0.3, 0.4) is 0 Å². The summed E-state index contributed by atoms with van der Waals surface area (Å²) in [6.07, 6.45) is 10.4. The van der Waals surface area contributed by atoms with Crippen LogP contribution in [0, 0.1) is 49.4 Å². The third-order valence-electron chi connectivity index (χ3n) is 30.3. The van der Waals surface area contributed by atoms with Crippen molar-refractivity contribution in [3.05, 3.63) is 185 Å². The number of nitrogens with one attached hydrogen (secondary N) is 4. The minimum absolute atomic E-state index is 0.0612. The highest BCUT2D eigenvalue weighted by Crippen LogP contribution is 2.47. The van der Waals surface area contributed by atoms with Gasteiger partial charge in [-0.15, -0.1) is 45.3 Å². The van der Waals surface area contributed by atoms with E-state index in [4.69, 9.17) is 84.3 Å². The summed E-state index contributed by atoms with van der Waals surface area (Å²) in [5.41, 5.74) is 66.0. The predicted molar refractivity (Wildman–Crippen MR) is 536 cm³/mol. The molecule has 2 aromatic carbocycles. The van der Waals surface area contributed by atoms with Crippen molar-refractivity contribution in [1.82, 2.24) is 51.2 Å². The average Bonchev–Trinajstić information content (AvgIpc) is 1.57. The molecule has 8 saturated heterocycles. The molecule has 2 aliphatic carbocycles. The lowest BCUT2D eigenvalue weighted by Gasteiger charge is -2.28. The lowest BCUT2D eigenvalue weighted by molar-refractivity contribution is 0.0912. The highest BCUT2D eigenvalue weighted by atomic mass is 32.1. The zero-order chi connectivity index (χ0) is 93.8. The van der Waals surface area contributed by atoms with E-state index < -0.39 is 0 Å². The van der Waals surface area contributed by atoms with Crippen LogP contribution >= 0.6 is 45.3 Å². The van der Waals surface area contributed by atoms with E-state index in [0.717, 1.165) is 290 Å². The van der Waals surface area contributed by atoms with E-state index in [0.29, 0.717) is 68.3 Å². The number of carbonyl (C=O) groups is 4. The van der Waals surface area contributed by atoms with E-state index in [9.17, 15) is 19.2 Å². The summed E-state index contributed by atoms with van der Waals surface area (Å²) < 4.78 is 34.8. The Bertz CT molecular complexity index is 5860. The molecule has 136 heavy (non-hydrogen) atoms. The second-order valence-corrected chi connectivity index (χ2v) is 43.5. The molecular formula is C100H118N22O10S4. The predicted octanol–water partition coefficient (Wildman–Crippen LogP) is 9.80. The number of carbonyl (C=O) groups excluding carboxylic acids is 4. The molecule has 0 bridgehead atoms. The van der Waals surface area contributed by atoms with Crippen LogP contribution in [0.15, 0.2) is 109 Å². The number of rotatable bonds is 12. The maximum absolute atomic E-state index is 13.0. The molecule has 4 amide bonds. The van der Waals surface area contributed by atoms with Crippen molar-refractivity contribution in [2.45, 2.75) is 153 Å². The Morgan fingerprint density at radius 3 is 0.956 bits per heavy atom. The van der Waals surface area contributed by atoms with Gasteiger partial charge in [-0.05, 0) is 200 Å². The second-order valence-electron chi connectivity index (χ2n) is 39.5. The molecule has 0 radical (unpaired) electrons. The molecule has 12 atom stereocenters. The number of ether oxygens (including phenoxy) is 6. The van der Waals surface area contributed by atoms with Gasteiger partial charge in [-0.1, -0.05) is 24.3 Å². The highest BCUT2D eigenvalue weighted by molar-refractivity contribution is 7.22. The van der Waals surface area contributed by atoms with Gasteiger partial charge in [-0.25, -0.2) is 29.9 Å². The van der Waals surface area contributed by atoms with Gasteiger partial charge in [-0.2, -0.15) is 0 Å². The summed E-state index contributed by atoms with van der Waals surface area (Å²) in [4.78, 5) is 94.7.